The Hall–Kier alpha value is -0.390. The predicted molar refractivity (Wildman–Crippen MR) is 83.7 cm³/mol. The molecule has 0 spiro atoms. The molecule has 0 bridgehead atoms. The zero-order valence-corrected chi connectivity index (χ0v) is 13.6. The van der Waals surface area contributed by atoms with Gasteiger partial charge in [0, 0.05) is 11.4 Å². The van der Waals surface area contributed by atoms with Crippen molar-refractivity contribution in [3.8, 4) is 0 Å². The highest BCUT2D eigenvalue weighted by Crippen LogP contribution is 2.28. The van der Waals surface area contributed by atoms with E-state index in [0.717, 1.165) is 40.6 Å². The van der Waals surface area contributed by atoms with Crippen LogP contribution in [0.3, 0.4) is 0 Å². The number of amides is 1. The van der Waals surface area contributed by atoms with Crippen molar-refractivity contribution in [2.24, 2.45) is 5.92 Å². The van der Waals surface area contributed by atoms with E-state index in [1.165, 1.54) is 12.8 Å². The number of rotatable bonds is 5. The molecular weight excluding hydrogens is 324 g/mol. The summed E-state index contributed by atoms with van der Waals surface area (Å²) in [7, 11) is 0. The van der Waals surface area contributed by atoms with Crippen LogP contribution >= 0.6 is 27.3 Å². The summed E-state index contributed by atoms with van der Waals surface area (Å²) in [4.78, 5) is 13.2. The molecule has 3 nitrogen and oxygen atoms in total. The van der Waals surface area contributed by atoms with E-state index in [0.29, 0.717) is 0 Å². The first-order chi connectivity index (χ1) is 9.16. The molecule has 2 rings (SSSR count). The van der Waals surface area contributed by atoms with Crippen molar-refractivity contribution in [3.05, 3.63) is 20.8 Å². The van der Waals surface area contributed by atoms with Crippen molar-refractivity contribution in [2.75, 3.05) is 19.6 Å². The monoisotopic (exact) mass is 344 g/mol. The molecule has 2 unspecified atom stereocenters. The van der Waals surface area contributed by atoms with Crippen molar-refractivity contribution in [1.29, 1.82) is 0 Å². The largest absolute Gasteiger partial charge is 0.356 e. The lowest BCUT2D eigenvalue weighted by Crippen LogP contribution is -2.34. The van der Waals surface area contributed by atoms with Crippen LogP contribution in [0.5, 0.6) is 0 Å². The van der Waals surface area contributed by atoms with Crippen LogP contribution in [0.25, 0.3) is 0 Å². The van der Waals surface area contributed by atoms with Gasteiger partial charge in [0.15, 0.2) is 0 Å². The molecule has 106 valence electrons. The van der Waals surface area contributed by atoms with E-state index >= 15 is 0 Å². The third-order valence-corrected chi connectivity index (χ3v) is 5.47. The Kier molecular flexibility index (Phi) is 5.85. The van der Waals surface area contributed by atoms with Crippen LogP contribution in [-0.2, 0) is 4.79 Å². The third kappa shape index (κ3) is 4.58. The molecule has 1 aliphatic heterocycles. The van der Waals surface area contributed by atoms with E-state index in [2.05, 4.69) is 26.6 Å². The summed E-state index contributed by atoms with van der Waals surface area (Å²) in [5.74, 6) is 0.805. The molecule has 1 saturated heterocycles. The average Bonchev–Trinajstić information content (AvgIpc) is 2.85. The topological polar surface area (TPSA) is 41.1 Å². The summed E-state index contributed by atoms with van der Waals surface area (Å²) in [5, 5.41) is 6.47. The number of carbonyl (C=O) groups excluding carboxylic acids is 1. The van der Waals surface area contributed by atoms with Gasteiger partial charge in [0.1, 0.15) is 0 Å². The maximum atomic E-state index is 12.1. The molecule has 0 saturated carbocycles. The number of piperidine rings is 1. The highest BCUT2D eigenvalue weighted by atomic mass is 79.9. The van der Waals surface area contributed by atoms with Crippen LogP contribution in [0.2, 0.25) is 0 Å². The lowest BCUT2D eigenvalue weighted by Gasteiger charge is -2.22. The molecular formula is C14H21BrN2OS. The van der Waals surface area contributed by atoms with Gasteiger partial charge in [0.2, 0.25) is 5.91 Å². The van der Waals surface area contributed by atoms with Gasteiger partial charge in [-0.05, 0) is 73.3 Å². The van der Waals surface area contributed by atoms with Crippen LogP contribution in [-0.4, -0.2) is 25.5 Å². The first-order valence-corrected chi connectivity index (χ1v) is 8.51. The Morgan fingerprint density at radius 2 is 2.47 bits per heavy atom. The van der Waals surface area contributed by atoms with Gasteiger partial charge in [-0.2, -0.15) is 0 Å². The molecule has 1 aliphatic rings. The van der Waals surface area contributed by atoms with Gasteiger partial charge in [-0.15, -0.1) is 11.3 Å². The zero-order valence-electron chi connectivity index (χ0n) is 11.2. The van der Waals surface area contributed by atoms with Gasteiger partial charge < -0.3 is 10.6 Å². The maximum Gasteiger partial charge on any atom is 0.228 e. The number of halogens is 1. The second-order valence-corrected chi connectivity index (χ2v) is 7.65. The Morgan fingerprint density at radius 3 is 3.11 bits per heavy atom. The van der Waals surface area contributed by atoms with Gasteiger partial charge in [-0.25, -0.2) is 0 Å². The van der Waals surface area contributed by atoms with Crippen molar-refractivity contribution < 1.29 is 4.79 Å². The fraction of sp³-hybridized carbons (Fsp3) is 0.643. The van der Waals surface area contributed by atoms with Crippen LogP contribution in [0.15, 0.2) is 15.9 Å². The summed E-state index contributed by atoms with van der Waals surface area (Å²) >= 11 is 5.07. The van der Waals surface area contributed by atoms with Gasteiger partial charge in [-0.1, -0.05) is 0 Å². The fourth-order valence-corrected chi connectivity index (χ4v) is 3.89. The molecule has 2 atom stereocenters. The Labute approximate surface area is 127 Å². The number of nitrogens with one attached hydrogen (secondary N) is 2. The van der Waals surface area contributed by atoms with E-state index in [9.17, 15) is 4.79 Å². The van der Waals surface area contributed by atoms with E-state index < -0.39 is 0 Å². The normalized spacial score (nSPS) is 21.1. The maximum absolute atomic E-state index is 12.1. The summed E-state index contributed by atoms with van der Waals surface area (Å²) in [5.41, 5.74) is 0. The molecule has 2 heterocycles. The second kappa shape index (κ2) is 7.41. The van der Waals surface area contributed by atoms with Gasteiger partial charge in [0.25, 0.3) is 0 Å². The van der Waals surface area contributed by atoms with E-state index in [1.807, 2.05) is 19.1 Å². The van der Waals surface area contributed by atoms with Crippen molar-refractivity contribution >= 4 is 33.2 Å². The first kappa shape index (κ1) is 15.0. The first-order valence-electron chi connectivity index (χ1n) is 6.90. The van der Waals surface area contributed by atoms with E-state index in [4.69, 9.17) is 0 Å². The van der Waals surface area contributed by atoms with Crippen molar-refractivity contribution in [2.45, 2.75) is 32.1 Å². The molecule has 1 fully saturated rings. The quantitative estimate of drug-likeness (QED) is 0.861. The van der Waals surface area contributed by atoms with Crippen molar-refractivity contribution in [1.82, 2.24) is 10.6 Å². The van der Waals surface area contributed by atoms with Gasteiger partial charge in [0.05, 0.1) is 9.70 Å². The molecule has 0 radical (unpaired) electrons. The zero-order chi connectivity index (χ0) is 13.7. The minimum atomic E-state index is -0.0548. The van der Waals surface area contributed by atoms with Crippen LogP contribution in [0.1, 0.15) is 37.0 Å². The Balaban J connectivity index is 1.71. The smallest absolute Gasteiger partial charge is 0.228 e. The molecule has 1 amide bonds. The van der Waals surface area contributed by atoms with Crippen LogP contribution in [0.4, 0.5) is 0 Å². The molecule has 5 heteroatoms. The summed E-state index contributed by atoms with van der Waals surface area (Å²) in [6.45, 7) is 5.01. The minimum absolute atomic E-state index is 0.0548. The SMILES string of the molecule is CC(C(=O)NCCC1CCCNC1)c1ccc(Br)s1. The Bertz CT molecular complexity index is 415. The molecule has 1 aromatic rings. The molecule has 2 N–H and O–H groups in total. The average molecular weight is 345 g/mol. The molecule has 0 aliphatic carbocycles. The number of hydrogen-bond acceptors (Lipinski definition) is 3. The predicted octanol–water partition coefficient (Wildman–Crippen LogP) is 3.12. The van der Waals surface area contributed by atoms with Crippen LogP contribution in [0, 0.1) is 5.92 Å². The third-order valence-electron chi connectivity index (χ3n) is 3.66. The van der Waals surface area contributed by atoms with E-state index in [-0.39, 0.29) is 11.8 Å². The van der Waals surface area contributed by atoms with Crippen LogP contribution < -0.4 is 10.6 Å². The summed E-state index contributed by atoms with van der Waals surface area (Å²) in [6, 6.07) is 4.02. The molecule has 0 aromatic carbocycles. The van der Waals surface area contributed by atoms with Gasteiger partial charge in [-0.3, -0.25) is 4.79 Å². The number of carbonyl (C=O) groups is 1. The number of thiophene rings is 1. The molecule has 19 heavy (non-hydrogen) atoms. The lowest BCUT2D eigenvalue weighted by atomic mass is 9.96. The van der Waals surface area contributed by atoms with Crippen molar-refractivity contribution in [3.63, 3.8) is 0 Å². The number of hydrogen-bond donors (Lipinski definition) is 2. The summed E-state index contributed by atoms with van der Waals surface area (Å²) in [6.07, 6.45) is 3.63. The highest BCUT2D eigenvalue weighted by Gasteiger charge is 2.18. The fourth-order valence-electron chi connectivity index (χ4n) is 2.41. The lowest BCUT2D eigenvalue weighted by molar-refractivity contribution is -0.122. The Morgan fingerprint density at radius 1 is 1.63 bits per heavy atom. The van der Waals surface area contributed by atoms with E-state index in [1.54, 1.807) is 11.3 Å². The summed E-state index contributed by atoms with van der Waals surface area (Å²) < 4.78 is 1.08. The molecule has 1 aromatic heterocycles. The second-order valence-electron chi connectivity index (χ2n) is 5.16. The van der Waals surface area contributed by atoms with Gasteiger partial charge >= 0.3 is 0 Å². The minimum Gasteiger partial charge on any atom is -0.356 e. The standard InChI is InChI=1S/C14H21BrN2OS/c1-10(12-4-5-13(15)19-12)14(18)17-8-6-11-3-2-7-16-9-11/h4-5,10-11,16H,2-3,6-9H2,1H3,(H,17,18). The highest BCUT2D eigenvalue weighted by molar-refractivity contribution is 9.11.